The van der Waals surface area contributed by atoms with Crippen LogP contribution in [0.5, 0.6) is 11.5 Å². The SMILES string of the molecule is Nc1ccc(Oc2ccccc2CO)cc1C(=O)O. The van der Waals surface area contributed by atoms with Crippen molar-refractivity contribution in [1.82, 2.24) is 0 Å². The molecule has 5 nitrogen and oxygen atoms in total. The van der Waals surface area contributed by atoms with E-state index >= 15 is 0 Å². The maximum Gasteiger partial charge on any atom is 0.337 e. The molecule has 0 heterocycles. The Balaban J connectivity index is 2.33. The van der Waals surface area contributed by atoms with Crippen LogP contribution in [0.4, 0.5) is 5.69 Å². The molecule has 2 aromatic rings. The lowest BCUT2D eigenvalue weighted by Crippen LogP contribution is -2.02. The number of aliphatic hydroxyl groups is 1. The van der Waals surface area contributed by atoms with Crippen LogP contribution >= 0.6 is 0 Å². The van der Waals surface area contributed by atoms with Crippen LogP contribution in [0.15, 0.2) is 42.5 Å². The molecule has 0 spiro atoms. The highest BCUT2D eigenvalue weighted by Gasteiger charge is 2.10. The Kier molecular flexibility index (Phi) is 3.68. The minimum atomic E-state index is -1.11. The second-order valence-corrected chi connectivity index (χ2v) is 3.92. The van der Waals surface area contributed by atoms with Crippen LogP contribution < -0.4 is 10.5 Å². The van der Waals surface area contributed by atoms with Crippen LogP contribution in [0.25, 0.3) is 0 Å². The summed E-state index contributed by atoms with van der Waals surface area (Å²) < 4.78 is 5.57. The van der Waals surface area contributed by atoms with E-state index in [1.54, 1.807) is 30.3 Å². The number of nitrogen functional groups attached to an aromatic ring is 1. The number of para-hydroxylation sites is 1. The predicted molar refractivity (Wildman–Crippen MR) is 70.3 cm³/mol. The van der Waals surface area contributed by atoms with Crippen LogP contribution in [0.2, 0.25) is 0 Å². The molecular weight excluding hydrogens is 246 g/mol. The summed E-state index contributed by atoms with van der Waals surface area (Å²) in [6.45, 7) is -0.156. The van der Waals surface area contributed by atoms with Gasteiger partial charge in [-0.05, 0) is 24.3 Å². The third-order valence-electron chi connectivity index (χ3n) is 2.63. The molecule has 0 saturated carbocycles. The maximum atomic E-state index is 11.0. The number of hydrogen-bond donors (Lipinski definition) is 3. The molecule has 0 aliphatic carbocycles. The smallest absolute Gasteiger partial charge is 0.337 e. The molecule has 5 heteroatoms. The third kappa shape index (κ3) is 2.83. The molecule has 0 bridgehead atoms. The summed E-state index contributed by atoms with van der Waals surface area (Å²) in [4.78, 5) is 11.0. The van der Waals surface area contributed by atoms with E-state index in [9.17, 15) is 9.90 Å². The molecule has 98 valence electrons. The number of aliphatic hydroxyl groups excluding tert-OH is 1. The fourth-order valence-electron chi connectivity index (χ4n) is 1.65. The fraction of sp³-hybridized carbons (Fsp3) is 0.0714. The zero-order valence-corrected chi connectivity index (χ0v) is 10.0. The van der Waals surface area contributed by atoms with E-state index in [2.05, 4.69) is 0 Å². The quantitative estimate of drug-likeness (QED) is 0.732. The second-order valence-electron chi connectivity index (χ2n) is 3.92. The van der Waals surface area contributed by atoms with Gasteiger partial charge in [0.25, 0.3) is 0 Å². The van der Waals surface area contributed by atoms with Crippen LogP contribution in [0.3, 0.4) is 0 Å². The van der Waals surface area contributed by atoms with E-state index in [0.29, 0.717) is 17.1 Å². The van der Waals surface area contributed by atoms with E-state index in [0.717, 1.165) is 0 Å². The molecule has 2 rings (SSSR count). The predicted octanol–water partition coefficient (Wildman–Crippen LogP) is 2.25. The van der Waals surface area contributed by atoms with Gasteiger partial charge in [-0.15, -0.1) is 0 Å². The molecule has 0 aliphatic heterocycles. The molecule has 0 aliphatic rings. The van der Waals surface area contributed by atoms with Gasteiger partial charge in [-0.25, -0.2) is 4.79 Å². The third-order valence-corrected chi connectivity index (χ3v) is 2.63. The highest BCUT2D eigenvalue weighted by molar-refractivity contribution is 5.94. The minimum Gasteiger partial charge on any atom is -0.478 e. The summed E-state index contributed by atoms with van der Waals surface area (Å²) in [6, 6.07) is 11.4. The molecule has 0 amide bonds. The molecule has 4 N–H and O–H groups in total. The molecule has 0 fully saturated rings. The van der Waals surface area contributed by atoms with Gasteiger partial charge in [0.05, 0.1) is 12.2 Å². The van der Waals surface area contributed by atoms with E-state index in [4.69, 9.17) is 15.6 Å². The molecule has 0 unspecified atom stereocenters. The molecule has 2 aromatic carbocycles. The van der Waals surface area contributed by atoms with Crippen molar-refractivity contribution in [3.8, 4) is 11.5 Å². The van der Waals surface area contributed by atoms with Crippen molar-refractivity contribution < 1.29 is 19.7 Å². The number of carboxylic acid groups (broad SMARTS) is 1. The van der Waals surface area contributed by atoms with Gasteiger partial charge < -0.3 is 20.7 Å². The highest BCUT2D eigenvalue weighted by atomic mass is 16.5. The lowest BCUT2D eigenvalue weighted by atomic mass is 10.1. The highest BCUT2D eigenvalue weighted by Crippen LogP contribution is 2.27. The molecule has 0 radical (unpaired) electrons. The van der Waals surface area contributed by atoms with Crippen molar-refractivity contribution in [2.24, 2.45) is 0 Å². The Morgan fingerprint density at radius 2 is 1.95 bits per heavy atom. The Morgan fingerprint density at radius 3 is 2.63 bits per heavy atom. The normalized spacial score (nSPS) is 10.2. The minimum absolute atomic E-state index is 0.0148. The lowest BCUT2D eigenvalue weighted by Gasteiger charge is -2.10. The molecule has 0 aromatic heterocycles. The Hall–Kier alpha value is -2.53. The number of anilines is 1. The summed E-state index contributed by atoms with van der Waals surface area (Å²) in [6.07, 6.45) is 0. The summed E-state index contributed by atoms with van der Waals surface area (Å²) in [7, 11) is 0. The lowest BCUT2D eigenvalue weighted by molar-refractivity contribution is 0.0697. The van der Waals surface area contributed by atoms with Crippen LogP contribution in [-0.4, -0.2) is 16.2 Å². The van der Waals surface area contributed by atoms with Crippen molar-refractivity contribution in [2.45, 2.75) is 6.61 Å². The van der Waals surface area contributed by atoms with Crippen molar-refractivity contribution in [2.75, 3.05) is 5.73 Å². The Morgan fingerprint density at radius 1 is 1.21 bits per heavy atom. The average Bonchev–Trinajstić information content (AvgIpc) is 2.41. The first-order chi connectivity index (χ1) is 9.11. The molecule has 0 saturated heterocycles. The number of rotatable bonds is 4. The first kappa shape index (κ1) is 12.9. The molecular formula is C14H13NO4. The zero-order valence-electron chi connectivity index (χ0n) is 10.0. The topological polar surface area (TPSA) is 92.8 Å². The van der Waals surface area contributed by atoms with E-state index in [1.807, 2.05) is 0 Å². The number of nitrogens with two attached hydrogens (primary N) is 1. The second kappa shape index (κ2) is 5.41. The first-order valence-electron chi connectivity index (χ1n) is 5.61. The van der Waals surface area contributed by atoms with Gasteiger partial charge in [-0.1, -0.05) is 18.2 Å². The standard InChI is InChI=1S/C14H13NO4/c15-12-6-5-10(7-11(12)14(17)18)19-13-4-2-1-3-9(13)8-16/h1-7,16H,8,15H2,(H,17,18). The summed E-state index contributed by atoms with van der Waals surface area (Å²) in [5.74, 6) is -0.281. The number of carbonyl (C=O) groups is 1. The summed E-state index contributed by atoms with van der Waals surface area (Å²) in [5, 5.41) is 18.2. The number of hydrogen-bond acceptors (Lipinski definition) is 4. The molecule has 0 atom stereocenters. The average molecular weight is 259 g/mol. The van der Waals surface area contributed by atoms with Crippen molar-refractivity contribution in [3.05, 3.63) is 53.6 Å². The van der Waals surface area contributed by atoms with E-state index < -0.39 is 5.97 Å². The van der Waals surface area contributed by atoms with Crippen molar-refractivity contribution in [3.63, 3.8) is 0 Å². The van der Waals surface area contributed by atoms with Gasteiger partial charge in [0, 0.05) is 11.3 Å². The summed E-state index contributed by atoms with van der Waals surface area (Å²) >= 11 is 0. The first-order valence-corrected chi connectivity index (χ1v) is 5.61. The number of benzene rings is 2. The van der Waals surface area contributed by atoms with Gasteiger partial charge in [0.2, 0.25) is 0 Å². The largest absolute Gasteiger partial charge is 0.478 e. The van der Waals surface area contributed by atoms with Gasteiger partial charge in [0.1, 0.15) is 11.5 Å². The zero-order chi connectivity index (χ0) is 13.8. The van der Waals surface area contributed by atoms with Crippen LogP contribution in [0, 0.1) is 0 Å². The van der Waals surface area contributed by atoms with Crippen LogP contribution in [0.1, 0.15) is 15.9 Å². The van der Waals surface area contributed by atoms with E-state index in [-0.39, 0.29) is 17.9 Å². The van der Waals surface area contributed by atoms with Gasteiger partial charge in [0.15, 0.2) is 0 Å². The van der Waals surface area contributed by atoms with Gasteiger partial charge in [-0.2, -0.15) is 0 Å². The molecule has 19 heavy (non-hydrogen) atoms. The monoisotopic (exact) mass is 259 g/mol. The fourth-order valence-corrected chi connectivity index (χ4v) is 1.65. The summed E-state index contributed by atoms with van der Waals surface area (Å²) in [5.41, 5.74) is 6.35. The number of carboxylic acids is 1. The number of ether oxygens (including phenoxy) is 1. The maximum absolute atomic E-state index is 11.0. The van der Waals surface area contributed by atoms with Crippen molar-refractivity contribution in [1.29, 1.82) is 0 Å². The van der Waals surface area contributed by atoms with Crippen molar-refractivity contribution >= 4 is 11.7 Å². The Labute approximate surface area is 109 Å². The van der Waals surface area contributed by atoms with Crippen LogP contribution in [-0.2, 0) is 6.61 Å². The van der Waals surface area contributed by atoms with Gasteiger partial charge in [-0.3, -0.25) is 0 Å². The van der Waals surface area contributed by atoms with E-state index in [1.165, 1.54) is 12.1 Å². The van der Waals surface area contributed by atoms with Gasteiger partial charge >= 0.3 is 5.97 Å². The Bertz CT molecular complexity index is 610. The number of aromatic carboxylic acids is 1.